The summed E-state index contributed by atoms with van der Waals surface area (Å²) in [5.41, 5.74) is 5.06. The standard InChI is InChI=1S/C17H23BrFN3O3/c1-17(2,3)25-16(24)22-8-6-10(7-9-22)21-15(23)11-4-5-12(18)13(19)14(11)20/h4-5,10H,6-9,20H2,1-3H3,(H,21,23). The number of nitrogens with one attached hydrogen (secondary N) is 1. The van der Waals surface area contributed by atoms with Gasteiger partial charge in [0.25, 0.3) is 5.91 Å². The van der Waals surface area contributed by atoms with Gasteiger partial charge in [-0.15, -0.1) is 0 Å². The second-order valence-electron chi connectivity index (χ2n) is 7.04. The van der Waals surface area contributed by atoms with Gasteiger partial charge in [0.15, 0.2) is 5.82 Å². The fourth-order valence-electron chi connectivity index (χ4n) is 2.56. The van der Waals surface area contributed by atoms with E-state index in [0.717, 1.165) is 0 Å². The zero-order valence-electron chi connectivity index (χ0n) is 14.6. The van der Waals surface area contributed by atoms with E-state index in [9.17, 15) is 14.0 Å². The van der Waals surface area contributed by atoms with Crippen LogP contribution in [0.4, 0.5) is 14.9 Å². The molecule has 2 amide bonds. The van der Waals surface area contributed by atoms with E-state index in [1.165, 1.54) is 12.1 Å². The van der Waals surface area contributed by atoms with E-state index in [2.05, 4.69) is 21.2 Å². The van der Waals surface area contributed by atoms with Crippen molar-refractivity contribution in [3.8, 4) is 0 Å². The number of halogens is 2. The van der Waals surface area contributed by atoms with Crippen LogP contribution in [0.15, 0.2) is 16.6 Å². The first kappa shape index (κ1) is 19.5. The number of benzene rings is 1. The van der Waals surface area contributed by atoms with Crippen LogP contribution in [0.5, 0.6) is 0 Å². The van der Waals surface area contributed by atoms with Gasteiger partial charge in [-0.25, -0.2) is 9.18 Å². The number of amides is 2. The van der Waals surface area contributed by atoms with Gasteiger partial charge in [0.1, 0.15) is 5.60 Å². The SMILES string of the molecule is CC(C)(C)OC(=O)N1CCC(NC(=O)c2ccc(Br)c(F)c2N)CC1. The van der Waals surface area contributed by atoms with Crippen molar-refractivity contribution in [1.29, 1.82) is 0 Å². The van der Waals surface area contributed by atoms with Gasteiger partial charge in [0.05, 0.1) is 15.7 Å². The lowest BCUT2D eigenvalue weighted by atomic mass is 10.0. The fraction of sp³-hybridized carbons (Fsp3) is 0.529. The quantitative estimate of drug-likeness (QED) is 0.725. The van der Waals surface area contributed by atoms with Crippen LogP contribution in [0.25, 0.3) is 0 Å². The van der Waals surface area contributed by atoms with Crippen LogP contribution in [-0.4, -0.2) is 41.6 Å². The normalized spacial score (nSPS) is 15.8. The number of piperidine rings is 1. The summed E-state index contributed by atoms with van der Waals surface area (Å²) in [6, 6.07) is 2.83. The van der Waals surface area contributed by atoms with Crippen LogP contribution in [0.1, 0.15) is 44.0 Å². The Morgan fingerprint density at radius 1 is 1.32 bits per heavy atom. The summed E-state index contributed by atoms with van der Waals surface area (Å²) in [4.78, 5) is 26.0. The summed E-state index contributed by atoms with van der Waals surface area (Å²) >= 11 is 3.03. The average Bonchev–Trinajstić information content (AvgIpc) is 2.51. The van der Waals surface area contributed by atoms with E-state index in [1.54, 1.807) is 4.90 Å². The smallest absolute Gasteiger partial charge is 0.410 e. The first-order valence-electron chi connectivity index (χ1n) is 8.11. The van der Waals surface area contributed by atoms with Crippen LogP contribution < -0.4 is 11.1 Å². The van der Waals surface area contributed by atoms with E-state index < -0.39 is 17.3 Å². The third kappa shape index (κ3) is 5.07. The number of nitrogens with two attached hydrogens (primary N) is 1. The Kier molecular flexibility index (Phi) is 5.92. The number of rotatable bonds is 2. The molecular weight excluding hydrogens is 393 g/mol. The Morgan fingerprint density at radius 2 is 1.92 bits per heavy atom. The molecule has 0 radical (unpaired) electrons. The Morgan fingerprint density at radius 3 is 2.48 bits per heavy atom. The molecule has 0 saturated carbocycles. The highest BCUT2D eigenvalue weighted by Crippen LogP contribution is 2.25. The van der Waals surface area contributed by atoms with Gasteiger partial charge in [-0.2, -0.15) is 0 Å². The minimum Gasteiger partial charge on any atom is -0.444 e. The first-order valence-corrected chi connectivity index (χ1v) is 8.90. The van der Waals surface area contributed by atoms with E-state index in [1.807, 2.05) is 20.8 Å². The van der Waals surface area contributed by atoms with E-state index >= 15 is 0 Å². The summed E-state index contributed by atoms with van der Waals surface area (Å²) in [6.07, 6.45) is 0.852. The Hall–Kier alpha value is -1.83. The molecule has 1 aliphatic heterocycles. The number of nitrogens with zero attached hydrogens (tertiary/aromatic N) is 1. The van der Waals surface area contributed by atoms with Crippen molar-refractivity contribution in [2.45, 2.75) is 45.3 Å². The topological polar surface area (TPSA) is 84.7 Å². The number of carbonyl (C=O) groups is 2. The van der Waals surface area contributed by atoms with Crippen molar-refractivity contribution in [1.82, 2.24) is 10.2 Å². The Balaban J connectivity index is 1.91. The van der Waals surface area contributed by atoms with Gasteiger partial charge in [0, 0.05) is 19.1 Å². The van der Waals surface area contributed by atoms with Gasteiger partial charge in [0.2, 0.25) is 0 Å². The second-order valence-corrected chi connectivity index (χ2v) is 7.89. The highest BCUT2D eigenvalue weighted by atomic mass is 79.9. The molecule has 1 aromatic carbocycles. The lowest BCUT2D eigenvalue weighted by Crippen LogP contribution is -2.47. The largest absolute Gasteiger partial charge is 0.444 e. The molecule has 0 aliphatic carbocycles. The summed E-state index contributed by atoms with van der Waals surface area (Å²) in [6.45, 7) is 6.44. The number of hydrogen-bond donors (Lipinski definition) is 2. The number of hydrogen-bond acceptors (Lipinski definition) is 4. The van der Waals surface area contributed by atoms with Gasteiger partial charge < -0.3 is 20.7 Å². The highest BCUT2D eigenvalue weighted by molar-refractivity contribution is 9.10. The molecule has 25 heavy (non-hydrogen) atoms. The zero-order valence-corrected chi connectivity index (χ0v) is 16.2. The molecule has 0 atom stereocenters. The maximum atomic E-state index is 13.8. The van der Waals surface area contributed by atoms with Crippen molar-refractivity contribution in [3.63, 3.8) is 0 Å². The van der Waals surface area contributed by atoms with Crippen LogP contribution in [0, 0.1) is 5.82 Å². The minimum atomic E-state index is -0.646. The molecule has 0 bridgehead atoms. The number of anilines is 1. The number of carbonyl (C=O) groups excluding carboxylic acids is 2. The molecule has 1 aromatic rings. The average molecular weight is 416 g/mol. The molecule has 3 N–H and O–H groups in total. The van der Waals surface area contributed by atoms with Crippen molar-refractivity contribution < 1.29 is 18.7 Å². The van der Waals surface area contributed by atoms with Crippen LogP contribution in [-0.2, 0) is 4.74 Å². The van der Waals surface area contributed by atoms with E-state index in [4.69, 9.17) is 10.5 Å². The molecule has 0 spiro atoms. The van der Waals surface area contributed by atoms with Gasteiger partial charge in [-0.1, -0.05) is 0 Å². The molecule has 6 nitrogen and oxygen atoms in total. The molecule has 1 heterocycles. The Bertz CT molecular complexity index is 668. The molecule has 1 fully saturated rings. The predicted molar refractivity (Wildman–Crippen MR) is 96.8 cm³/mol. The van der Waals surface area contributed by atoms with Gasteiger partial charge >= 0.3 is 6.09 Å². The number of nitrogen functional groups attached to an aromatic ring is 1. The summed E-state index contributed by atoms with van der Waals surface area (Å²) in [5.74, 6) is -1.06. The van der Waals surface area contributed by atoms with E-state index in [0.29, 0.717) is 25.9 Å². The molecule has 2 rings (SSSR count). The van der Waals surface area contributed by atoms with Crippen molar-refractivity contribution in [2.24, 2.45) is 0 Å². The highest BCUT2D eigenvalue weighted by Gasteiger charge is 2.28. The van der Waals surface area contributed by atoms with E-state index in [-0.39, 0.29) is 27.9 Å². The van der Waals surface area contributed by atoms with Crippen molar-refractivity contribution >= 4 is 33.6 Å². The maximum absolute atomic E-state index is 13.8. The molecular formula is C17H23BrFN3O3. The van der Waals surface area contributed by atoms with Crippen molar-refractivity contribution in [2.75, 3.05) is 18.8 Å². The van der Waals surface area contributed by atoms with Crippen LogP contribution in [0.3, 0.4) is 0 Å². The van der Waals surface area contributed by atoms with Crippen molar-refractivity contribution in [3.05, 3.63) is 28.0 Å². The third-order valence-corrected chi connectivity index (χ3v) is 4.47. The fourth-order valence-corrected chi connectivity index (χ4v) is 2.91. The first-order chi connectivity index (χ1) is 11.6. The molecule has 0 aromatic heterocycles. The van der Waals surface area contributed by atoms with Gasteiger partial charge in [-0.3, -0.25) is 4.79 Å². The van der Waals surface area contributed by atoms with Gasteiger partial charge in [-0.05, 0) is 61.7 Å². The zero-order chi connectivity index (χ0) is 18.8. The number of ether oxygens (including phenoxy) is 1. The molecule has 1 saturated heterocycles. The lowest BCUT2D eigenvalue weighted by molar-refractivity contribution is 0.0199. The molecule has 1 aliphatic rings. The third-order valence-electron chi connectivity index (χ3n) is 3.86. The molecule has 8 heteroatoms. The van der Waals surface area contributed by atoms with Crippen LogP contribution in [0.2, 0.25) is 0 Å². The minimum absolute atomic E-state index is 0.0997. The Labute approximate surface area is 155 Å². The predicted octanol–water partition coefficient (Wildman–Crippen LogP) is 3.30. The maximum Gasteiger partial charge on any atom is 0.410 e. The molecule has 138 valence electrons. The summed E-state index contributed by atoms with van der Waals surface area (Å²) < 4.78 is 19.4. The monoisotopic (exact) mass is 415 g/mol. The molecule has 0 unspecified atom stereocenters. The summed E-state index contributed by atoms with van der Waals surface area (Å²) in [7, 11) is 0. The van der Waals surface area contributed by atoms with Crippen LogP contribution >= 0.6 is 15.9 Å². The lowest BCUT2D eigenvalue weighted by Gasteiger charge is -2.33. The second kappa shape index (κ2) is 7.59. The number of likely N-dealkylation sites (tertiary alicyclic amines) is 1. The summed E-state index contributed by atoms with van der Waals surface area (Å²) in [5, 5.41) is 2.85.